The number of hydrogen-bond acceptors (Lipinski definition) is 2. The van der Waals surface area contributed by atoms with Crippen molar-refractivity contribution in [2.24, 2.45) is 0 Å². The van der Waals surface area contributed by atoms with Gasteiger partial charge in [0.15, 0.2) is 0 Å². The van der Waals surface area contributed by atoms with E-state index in [1.807, 2.05) is 20.2 Å². The fourth-order valence-electron chi connectivity index (χ4n) is 1.22. The van der Waals surface area contributed by atoms with E-state index in [1.165, 1.54) is 0 Å². The van der Waals surface area contributed by atoms with Crippen molar-refractivity contribution in [3.63, 3.8) is 0 Å². The Bertz CT molecular complexity index is 281. The summed E-state index contributed by atoms with van der Waals surface area (Å²) in [6, 6.07) is 6.16. The molecular weight excluding hydrogens is 162 g/mol. The molecule has 0 spiro atoms. The molecule has 0 heterocycles. The molecule has 2 heteroatoms. The van der Waals surface area contributed by atoms with Crippen LogP contribution in [0.5, 0.6) is 5.75 Å². The SMILES string of the molecule is [CH2]Cc1ccc(N(C)C)cc1OC. The van der Waals surface area contributed by atoms with E-state index in [-0.39, 0.29) is 0 Å². The molecule has 71 valence electrons. The highest BCUT2D eigenvalue weighted by Gasteiger charge is 2.03. The Morgan fingerprint density at radius 3 is 2.54 bits per heavy atom. The maximum Gasteiger partial charge on any atom is 0.124 e. The lowest BCUT2D eigenvalue weighted by Crippen LogP contribution is -2.08. The van der Waals surface area contributed by atoms with Crippen LogP contribution in [0.15, 0.2) is 18.2 Å². The predicted molar refractivity (Wildman–Crippen MR) is 56.4 cm³/mol. The van der Waals surface area contributed by atoms with E-state index in [1.54, 1.807) is 7.11 Å². The number of benzene rings is 1. The largest absolute Gasteiger partial charge is 0.496 e. The smallest absolute Gasteiger partial charge is 0.124 e. The van der Waals surface area contributed by atoms with Gasteiger partial charge in [0.25, 0.3) is 0 Å². The van der Waals surface area contributed by atoms with Gasteiger partial charge in [0.2, 0.25) is 0 Å². The van der Waals surface area contributed by atoms with Gasteiger partial charge in [-0.05, 0) is 25.0 Å². The van der Waals surface area contributed by atoms with Crippen molar-refractivity contribution in [3.8, 4) is 5.75 Å². The van der Waals surface area contributed by atoms with Gasteiger partial charge in [-0.25, -0.2) is 0 Å². The summed E-state index contributed by atoms with van der Waals surface area (Å²) in [5, 5.41) is 0. The van der Waals surface area contributed by atoms with Gasteiger partial charge in [0.05, 0.1) is 7.11 Å². The second-order valence-corrected chi connectivity index (χ2v) is 3.14. The van der Waals surface area contributed by atoms with Gasteiger partial charge in [-0.3, -0.25) is 0 Å². The van der Waals surface area contributed by atoms with E-state index in [9.17, 15) is 0 Å². The summed E-state index contributed by atoms with van der Waals surface area (Å²) >= 11 is 0. The molecule has 0 saturated heterocycles. The summed E-state index contributed by atoms with van der Waals surface area (Å²) < 4.78 is 5.26. The zero-order valence-corrected chi connectivity index (χ0v) is 8.50. The van der Waals surface area contributed by atoms with Gasteiger partial charge in [0.1, 0.15) is 5.75 Å². The summed E-state index contributed by atoms with van der Waals surface area (Å²) in [5.74, 6) is 0.918. The molecule has 1 radical (unpaired) electrons. The van der Waals surface area contributed by atoms with Crippen LogP contribution in [-0.2, 0) is 6.42 Å². The number of nitrogens with zero attached hydrogens (tertiary/aromatic N) is 1. The van der Waals surface area contributed by atoms with Crippen molar-refractivity contribution < 1.29 is 4.74 Å². The van der Waals surface area contributed by atoms with Crippen LogP contribution in [0.3, 0.4) is 0 Å². The molecule has 13 heavy (non-hydrogen) atoms. The van der Waals surface area contributed by atoms with Crippen LogP contribution in [0.25, 0.3) is 0 Å². The molecular formula is C11H16NO. The lowest BCUT2D eigenvalue weighted by Gasteiger charge is -2.15. The Kier molecular flexibility index (Phi) is 3.18. The summed E-state index contributed by atoms with van der Waals surface area (Å²) in [6.07, 6.45) is 0.761. The van der Waals surface area contributed by atoms with Crippen LogP contribution >= 0.6 is 0 Å². The van der Waals surface area contributed by atoms with Crippen molar-refractivity contribution in [1.82, 2.24) is 0 Å². The second-order valence-electron chi connectivity index (χ2n) is 3.14. The van der Waals surface area contributed by atoms with Crippen LogP contribution < -0.4 is 9.64 Å². The van der Waals surface area contributed by atoms with E-state index < -0.39 is 0 Å². The van der Waals surface area contributed by atoms with Crippen molar-refractivity contribution >= 4 is 5.69 Å². The summed E-state index contributed by atoms with van der Waals surface area (Å²) in [7, 11) is 5.71. The van der Waals surface area contributed by atoms with Crippen molar-refractivity contribution in [1.29, 1.82) is 0 Å². The topological polar surface area (TPSA) is 12.5 Å². The van der Waals surface area contributed by atoms with Crippen molar-refractivity contribution in [2.45, 2.75) is 6.42 Å². The van der Waals surface area contributed by atoms with Gasteiger partial charge in [-0.15, -0.1) is 0 Å². The fraction of sp³-hybridized carbons (Fsp3) is 0.364. The molecule has 0 unspecified atom stereocenters. The zero-order chi connectivity index (χ0) is 9.84. The summed E-state index contributed by atoms with van der Waals surface area (Å²) in [5.41, 5.74) is 2.29. The van der Waals surface area contributed by atoms with Gasteiger partial charge in [-0.1, -0.05) is 6.07 Å². The average molecular weight is 178 g/mol. The van der Waals surface area contributed by atoms with Crippen molar-refractivity contribution in [2.75, 3.05) is 26.1 Å². The van der Waals surface area contributed by atoms with Gasteiger partial charge in [-0.2, -0.15) is 0 Å². The monoisotopic (exact) mass is 178 g/mol. The number of methoxy groups -OCH3 is 1. The molecule has 0 aromatic heterocycles. The zero-order valence-electron chi connectivity index (χ0n) is 8.50. The van der Waals surface area contributed by atoms with Gasteiger partial charge >= 0.3 is 0 Å². The number of rotatable bonds is 3. The highest BCUT2D eigenvalue weighted by atomic mass is 16.5. The number of hydrogen-bond donors (Lipinski definition) is 0. The Hall–Kier alpha value is -1.18. The van der Waals surface area contributed by atoms with Crippen LogP contribution in [0.1, 0.15) is 5.56 Å². The molecule has 0 aliphatic heterocycles. The first-order chi connectivity index (χ1) is 6.19. The maximum absolute atomic E-state index is 5.26. The Morgan fingerprint density at radius 2 is 2.08 bits per heavy atom. The first-order valence-corrected chi connectivity index (χ1v) is 4.32. The minimum atomic E-state index is 0.761. The highest BCUT2D eigenvalue weighted by molar-refractivity contribution is 5.53. The normalized spacial score (nSPS) is 9.85. The Morgan fingerprint density at radius 1 is 1.38 bits per heavy atom. The first kappa shape index (κ1) is 9.90. The molecule has 1 aromatic rings. The van der Waals surface area contributed by atoms with Crippen LogP contribution in [0.2, 0.25) is 0 Å². The molecule has 0 saturated carbocycles. The summed E-state index contributed by atoms with van der Waals surface area (Å²) in [4.78, 5) is 2.05. The fourth-order valence-corrected chi connectivity index (χ4v) is 1.22. The van der Waals surface area contributed by atoms with Crippen LogP contribution in [0.4, 0.5) is 5.69 Å². The molecule has 0 fully saturated rings. The first-order valence-electron chi connectivity index (χ1n) is 4.32. The molecule has 0 amide bonds. The molecule has 1 aromatic carbocycles. The van der Waals surface area contributed by atoms with Crippen molar-refractivity contribution in [3.05, 3.63) is 30.7 Å². The van der Waals surface area contributed by atoms with E-state index in [0.717, 1.165) is 23.4 Å². The Balaban J connectivity index is 3.05. The van der Waals surface area contributed by atoms with Gasteiger partial charge < -0.3 is 9.64 Å². The third-order valence-corrected chi connectivity index (χ3v) is 2.06. The minimum absolute atomic E-state index is 0.761. The predicted octanol–water partition coefficient (Wildman–Crippen LogP) is 2.14. The average Bonchev–Trinajstić information content (AvgIpc) is 2.16. The lowest BCUT2D eigenvalue weighted by molar-refractivity contribution is 0.411. The van der Waals surface area contributed by atoms with E-state index >= 15 is 0 Å². The lowest BCUT2D eigenvalue weighted by atomic mass is 10.1. The molecule has 0 N–H and O–H groups in total. The highest BCUT2D eigenvalue weighted by Crippen LogP contribution is 2.24. The molecule has 2 nitrogen and oxygen atoms in total. The van der Waals surface area contributed by atoms with E-state index in [4.69, 9.17) is 4.74 Å². The summed E-state index contributed by atoms with van der Waals surface area (Å²) in [6.45, 7) is 3.85. The maximum atomic E-state index is 5.26. The van der Waals surface area contributed by atoms with Crippen LogP contribution in [0, 0.1) is 6.92 Å². The molecule has 0 atom stereocenters. The van der Waals surface area contributed by atoms with Gasteiger partial charge in [0, 0.05) is 25.8 Å². The van der Waals surface area contributed by atoms with Crippen LogP contribution in [-0.4, -0.2) is 21.2 Å². The standard InChI is InChI=1S/C11H16NO/c1-5-9-6-7-10(12(2)3)8-11(9)13-4/h6-8H,1,5H2,2-4H3. The minimum Gasteiger partial charge on any atom is -0.496 e. The quantitative estimate of drug-likeness (QED) is 0.703. The molecule has 0 aliphatic rings. The number of ether oxygens (including phenoxy) is 1. The van der Waals surface area contributed by atoms with E-state index in [0.29, 0.717) is 0 Å². The molecule has 0 aliphatic carbocycles. The number of anilines is 1. The molecule has 1 rings (SSSR count). The molecule has 0 bridgehead atoms. The third-order valence-electron chi connectivity index (χ3n) is 2.06. The second kappa shape index (κ2) is 4.17. The van der Waals surface area contributed by atoms with E-state index in [2.05, 4.69) is 24.0 Å². The Labute approximate surface area is 80.1 Å². The third kappa shape index (κ3) is 2.14.